The van der Waals surface area contributed by atoms with Gasteiger partial charge in [-0.05, 0) is 12.8 Å². The first kappa shape index (κ1) is 11.9. The van der Waals surface area contributed by atoms with E-state index in [2.05, 4.69) is 0 Å². The molecule has 74 valence electrons. The quantitative estimate of drug-likeness (QED) is 0.608. The van der Waals surface area contributed by atoms with Crippen LogP contribution in [0.25, 0.3) is 0 Å². The zero-order chi connectivity index (χ0) is 10.6. The Morgan fingerprint density at radius 3 is 2.23 bits per heavy atom. The fraction of sp³-hybridized carbons (Fsp3) is 0.750. The number of hydroxylamine groups is 2. The van der Waals surface area contributed by atoms with Crippen LogP contribution in [0.4, 0.5) is 0 Å². The third-order valence-corrected chi connectivity index (χ3v) is 1.86. The number of primary amides is 1. The van der Waals surface area contributed by atoms with E-state index < -0.39 is 18.0 Å². The van der Waals surface area contributed by atoms with Crippen molar-refractivity contribution >= 4 is 5.91 Å². The SMILES string of the molecule is CC(C)C(C#N)N(O)C(C)C(N)=O. The molecule has 0 aliphatic rings. The van der Waals surface area contributed by atoms with E-state index in [9.17, 15) is 10.0 Å². The minimum absolute atomic E-state index is 0.0585. The first-order chi connectivity index (χ1) is 5.91. The molecule has 0 saturated heterocycles. The minimum atomic E-state index is -0.841. The van der Waals surface area contributed by atoms with Crippen molar-refractivity contribution in [3.05, 3.63) is 0 Å². The van der Waals surface area contributed by atoms with Crippen molar-refractivity contribution in [2.24, 2.45) is 11.7 Å². The van der Waals surface area contributed by atoms with E-state index in [1.807, 2.05) is 6.07 Å². The number of nitrogens with two attached hydrogens (primary N) is 1. The Morgan fingerprint density at radius 1 is 1.54 bits per heavy atom. The van der Waals surface area contributed by atoms with Gasteiger partial charge in [0.05, 0.1) is 6.07 Å². The predicted octanol–water partition coefficient (Wildman–Crippen LogP) is 0.0996. The Kier molecular flexibility index (Phi) is 4.38. The van der Waals surface area contributed by atoms with Crippen LogP contribution in [-0.4, -0.2) is 28.3 Å². The topological polar surface area (TPSA) is 90.3 Å². The van der Waals surface area contributed by atoms with Crippen molar-refractivity contribution in [1.29, 1.82) is 5.26 Å². The van der Waals surface area contributed by atoms with Gasteiger partial charge in [0, 0.05) is 0 Å². The molecule has 3 N–H and O–H groups in total. The van der Waals surface area contributed by atoms with Gasteiger partial charge in [0.1, 0.15) is 12.1 Å². The average Bonchev–Trinajstić information content (AvgIpc) is 2.03. The Labute approximate surface area is 77.7 Å². The number of rotatable bonds is 4. The van der Waals surface area contributed by atoms with Crippen molar-refractivity contribution in [2.75, 3.05) is 0 Å². The molecule has 5 heteroatoms. The number of nitriles is 1. The molecule has 13 heavy (non-hydrogen) atoms. The van der Waals surface area contributed by atoms with Gasteiger partial charge in [0.25, 0.3) is 0 Å². The molecule has 0 rings (SSSR count). The molecular formula is C8H15N3O2. The molecule has 0 radical (unpaired) electrons. The summed E-state index contributed by atoms with van der Waals surface area (Å²) in [5, 5.41) is 18.8. The molecule has 0 aliphatic carbocycles. The van der Waals surface area contributed by atoms with Crippen molar-refractivity contribution in [3.63, 3.8) is 0 Å². The number of carbonyl (C=O) groups excluding carboxylic acids is 1. The van der Waals surface area contributed by atoms with Crippen LogP contribution in [0.3, 0.4) is 0 Å². The highest BCUT2D eigenvalue weighted by molar-refractivity contribution is 5.79. The molecule has 0 saturated carbocycles. The van der Waals surface area contributed by atoms with Crippen LogP contribution in [0.15, 0.2) is 0 Å². The fourth-order valence-corrected chi connectivity index (χ4v) is 0.885. The largest absolute Gasteiger partial charge is 0.368 e. The first-order valence-electron chi connectivity index (χ1n) is 4.08. The lowest BCUT2D eigenvalue weighted by Gasteiger charge is -2.26. The van der Waals surface area contributed by atoms with E-state index in [1.165, 1.54) is 6.92 Å². The van der Waals surface area contributed by atoms with Crippen LogP contribution in [0.5, 0.6) is 0 Å². The summed E-state index contributed by atoms with van der Waals surface area (Å²) >= 11 is 0. The smallest absolute Gasteiger partial charge is 0.236 e. The monoisotopic (exact) mass is 185 g/mol. The van der Waals surface area contributed by atoms with E-state index in [0.29, 0.717) is 5.06 Å². The lowest BCUT2D eigenvalue weighted by atomic mass is 10.0. The van der Waals surface area contributed by atoms with Crippen LogP contribution in [0.2, 0.25) is 0 Å². The molecule has 5 nitrogen and oxygen atoms in total. The zero-order valence-electron chi connectivity index (χ0n) is 8.06. The molecule has 0 spiro atoms. The van der Waals surface area contributed by atoms with Crippen molar-refractivity contribution in [1.82, 2.24) is 5.06 Å². The third kappa shape index (κ3) is 3.01. The third-order valence-electron chi connectivity index (χ3n) is 1.86. The van der Waals surface area contributed by atoms with Crippen LogP contribution >= 0.6 is 0 Å². The van der Waals surface area contributed by atoms with Crippen LogP contribution in [-0.2, 0) is 4.79 Å². The highest BCUT2D eigenvalue weighted by atomic mass is 16.5. The Bertz CT molecular complexity index is 222. The molecule has 0 aromatic heterocycles. The second-order valence-electron chi connectivity index (χ2n) is 3.28. The van der Waals surface area contributed by atoms with Crippen molar-refractivity contribution in [2.45, 2.75) is 32.9 Å². The van der Waals surface area contributed by atoms with Gasteiger partial charge in [-0.1, -0.05) is 13.8 Å². The van der Waals surface area contributed by atoms with Gasteiger partial charge in [-0.15, -0.1) is 0 Å². The van der Waals surface area contributed by atoms with E-state index >= 15 is 0 Å². The summed E-state index contributed by atoms with van der Waals surface area (Å²) in [6.45, 7) is 5.02. The molecule has 0 fully saturated rings. The van der Waals surface area contributed by atoms with Crippen LogP contribution in [0, 0.1) is 17.2 Å². The summed E-state index contributed by atoms with van der Waals surface area (Å²) in [7, 11) is 0. The normalized spacial score (nSPS) is 15.5. The molecule has 0 aromatic rings. The lowest BCUT2D eigenvalue weighted by Crippen LogP contribution is -2.47. The Hall–Kier alpha value is -1.12. The maximum Gasteiger partial charge on any atom is 0.236 e. The lowest BCUT2D eigenvalue weighted by molar-refractivity contribution is -0.164. The molecule has 0 aliphatic heterocycles. The van der Waals surface area contributed by atoms with Gasteiger partial charge >= 0.3 is 0 Å². The number of hydrogen-bond acceptors (Lipinski definition) is 4. The molecule has 0 bridgehead atoms. The van der Waals surface area contributed by atoms with Gasteiger partial charge in [-0.25, -0.2) is 0 Å². The Balaban J connectivity index is 4.48. The molecule has 1 amide bonds. The predicted molar refractivity (Wildman–Crippen MR) is 46.5 cm³/mol. The van der Waals surface area contributed by atoms with E-state index in [0.717, 1.165) is 0 Å². The van der Waals surface area contributed by atoms with E-state index in [1.54, 1.807) is 13.8 Å². The summed E-state index contributed by atoms with van der Waals surface area (Å²) in [6.07, 6.45) is 0. The number of hydrogen-bond donors (Lipinski definition) is 2. The average molecular weight is 185 g/mol. The number of nitrogens with zero attached hydrogens (tertiary/aromatic N) is 2. The number of carbonyl (C=O) groups is 1. The standard InChI is InChI=1S/C8H15N3O2/c1-5(2)7(4-9)11(13)6(3)8(10)12/h5-7,13H,1-3H3,(H2,10,12). The van der Waals surface area contributed by atoms with Gasteiger partial charge in [-0.2, -0.15) is 10.3 Å². The second kappa shape index (κ2) is 4.80. The highest BCUT2D eigenvalue weighted by Crippen LogP contribution is 2.10. The second-order valence-corrected chi connectivity index (χ2v) is 3.28. The highest BCUT2D eigenvalue weighted by Gasteiger charge is 2.27. The minimum Gasteiger partial charge on any atom is -0.368 e. The Morgan fingerprint density at radius 2 is 2.00 bits per heavy atom. The fourth-order valence-electron chi connectivity index (χ4n) is 0.885. The van der Waals surface area contributed by atoms with Crippen molar-refractivity contribution in [3.8, 4) is 6.07 Å². The summed E-state index contributed by atoms with van der Waals surface area (Å²) in [4.78, 5) is 10.7. The molecule has 0 heterocycles. The van der Waals surface area contributed by atoms with Crippen LogP contribution in [0.1, 0.15) is 20.8 Å². The molecule has 2 unspecified atom stereocenters. The molecular weight excluding hydrogens is 170 g/mol. The van der Waals surface area contributed by atoms with Crippen molar-refractivity contribution < 1.29 is 10.0 Å². The maximum absolute atomic E-state index is 10.7. The maximum atomic E-state index is 10.7. The van der Waals surface area contributed by atoms with Gasteiger partial charge in [-0.3, -0.25) is 4.79 Å². The summed E-state index contributed by atoms with van der Waals surface area (Å²) in [5.74, 6) is -0.708. The number of amides is 1. The van der Waals surface area contributed by atoms with Crippen LogP contribution < -0.4 is 5.73 Å². The first-order valence-corrected chi connectivity index (χ1v) is 4.08. The van der Waals surface area contributed by atoms with Gasteiger partial charge in [0.2, 0.25) is 5.91 Å². The van der Waals surface area contributed by atoms with E-state index in [4.69, 9.17) is 11.0 Å². The summed E-state index contributed by atoms with van der Waals surface area (Å²) in [5.41, 5.74) is 4.98. The van der Waals surface area contributed by atoms with Gasteiger partial charge in [0.15, 0.2) is 0 Å². The summed E-state index contributed by atoms with van der Waals surface area (Å²) in [6, 6.07) is 0.358. The summed E-state index contributed by atoms with van der Waals surface area (Å²) < 4.78 is 0. The molecule has 0 aromatic carbocycles. The zero-order valence-corrected chi connectivity index (χ0v) is 8.06. The van der Waals surface area contributed by atoms with E-state index in [-0.39, 0.29) is 5.92 Å². The van der Waals surface area contributed by atoms with Gasteiger partial charge < -0.3 is 10.9 Å². The molecule has 2 atom stereocenters.